The van der Waals surface area contributed by atoms with Crippen LogP contribution < -0.4 is 5.32 Å². The second-order valence-electron chi connectivity index (χ2n) is 7.14. The molecule has 0 aliphatic heterocycles. The van der Waals surface area contributed by atoms with Crippen molar-refractivity contribution in [3.63, 3.8) is 0 Å². The SMILES string of the molecule is O=C(Cc1ccc2c(c1)CCCC2)NC1CCC(C(F)(F)F)CC1. The minimum Gasteiger partial charge on any atom is -0.353 e. The first-order chi connectivity index (χ1) is 11.4. The monoisotopic (exact) mass is 339 g/mol. The number of benzene rings is 1. The van der Waals surface area contributed by atoms with Crippen molar-refractivity contribution in [2.75, 3.05) is 0 Å². The summed E-state index contributed by atoms with van der Waals surface area (Å²) in [4.78, 5) is 12.2. The van der Waals surface area contributed by atoms with Crippen LogP contribution in [0.4, 0.5) is 13.2 Å². The van der Waals surface area contributed by atoms with Gasteiger partial charge in [0.2, 0.25) is 5.91 Å². The summed E-state index contributed by atoms with van der Waals surface area (Å²) < 4.78 is 38.0. The van der Waals surface area contributed by atoms with Crippen LogP contribution in [0.25, 0.3) is 0 Å². The molecule has 1 amide bonds. The Morgan fingerprint density at radius 2 is 1.71 bits per heavy atom. The molecule has 0 spiro atoms. The van der Waals surface area contributed by atoms with Crippen molar-refractivity contribution in [3.05, 3.63) is 34.9 Å². The molecule has 2 aliphatic rings. The van der Waals surface area contributed by atoms with Crippen molar-refractivity contribution in [2.45, 2.75) is 70.0 Å². The van der Waals surface area contributed by atoms with Gasteiger partial charge in [0.15, 0.2) is 0 Å². The fraction of sp³-hybridized carbons (Fsp3) is 0.632. The molecular weight excluding hydrogens is 315 g/mol. The number of aryl methyl sites for hydroxylation is 2. The lowest BCUT2D eigenvalue weighted by Gasteiger charge is -2.30. The largest absolute Gasteiger partial charge is 0.391 e. The molecule has 0 saturated heterocycles. The summed E-state index contributed by atoms with van der Waals surface area (Å²) in [5.74, 6) is -1.28. The highest BCUT2D eigenvalue weighted by Crippen LogP contribution is 2.37. The summed E-state index contributed by atoms with van der Waals surface area (Å²) >= 11 is 0. The van der Waals surface area contributed by atoms with Crippen LogP contribution in [0.2, 0.25) is 0 Å². The normalized spacial score (nSPS) is 24.3. The maximum absolute atomic E-state index is 12.7. The van der Waals surface area contributed by atoms with Gasteiger partial charge in [-0.1, -0.05) is 18.2 Å². The predicted molar refractivity (Wildman–Crippen MR) is 86.7 cm³/mol. The Morgan fingerprint density at radius 3 is 2.38 bits per heavy atom. The van der Waals surface area contributed by atoms with Crippen LogP contribution in [0.15, 0.2) is 18.2 Å². The van der Waals surface area contributed by atoms with Crippen molar-refractivity contribution in [2.24, 2.45) is 5.92 Å². The standard InChI is InChI=1S/C19H24F3NO/c20-19(21,22)16-7-9-17(10-8-16)23-18(24)12-13-5-6-14-3-1-2-4-15(14)11-13/h5-6,11,16-17H,1-4,7-10,12H2,(H,23,24). The van der Waals surface area contributed by atoms with E-state index < -0.39 is 12.1 Å². The lowest BCUT2D eigenvalue weighted by atomic mass is 9.85. The zero-order chi connectivity index (χ0) is 17.2. The number of alkyl halides is 3. The lowest BCUT2D eigenvalue weighted by Crippen LogP contribution is -2.40. The van der Waals surface area contributed by atoms with Crippen molar-refractivity contribution in [3.8, 4) is 0 Å². The average Bonchev–Trinajstić information content (AvgIpc) is 2.54. The molecule has 0 unspecified atom stereocenters. The molecule has 0 radical (unpaired) electrons. The Kier molecular flexibility index (Phi) is 5.16. The van der Waals surface area contributed by atoms with Crippen LogP contribution in [0.1, 0.15) is 55.2 Å². The van der Waals surface area contributed by atoms with Gasteiger partial charge in [0.25, 0.3) is 0 Å². The summed E-state index contributed by atoms with van der Waals surface area (Å²) in [6.45, 7) is 0. The van der Waals surface area contributed by atoms with Crippen LogP contribution in [0.3, 0.4) is 0 Å². The van der Waals surface area contributed by atoms with E-state index in [-0.39, 0.29) is 24.8 Å². The topological polar surface area (TPSA) is 29.1 Å². The zero-order valence-corrected chi connectivity index (χ0v) is 13.8. The molecule has 0 atom stereocenters. The molecule has 0 heterocycles. The van der Waals surface area contributed by atoms with Crippen LogP contribution in [-0.4, -0.2) is 18.1 Å². The average molecular weight is 339 g/mol. The summed E-state index contributed by atoms with van der Waals surface area (Å²) in [5.41, 5.74) is 3.73. The van der Waals surface area contributed by atoms with Crippen LogP contribution >= 0.6 is 0 Å². The molecule has 0 bridgehead atoms. The second-order valence-corrected chi connectivity index (χ2v) is 7.14. The maximum Gasteiger partial charge on any atom is 0.391 e. The number of carbonyl (C=O) groups excluding carboxylic acids is 1. The van der Waals surface area contributed by atoms with Gasteiger partial charge in [-0.3, -0.25) is 4.79 Å². The molecule has 132 valence electrons. The molecule has 1 N–H and O–H groups in total. The van der Waals surface area contributed by atoms with Gasteiger partial charge < -0.3 is 5.32 Å². The zero-order valence-electron chi connectivity index (χ0n) is 13.8. The third-order valence-electron chi connectivity index (χ3n) is 5.33. The van der Waals surface area contributed by atoms with E-state index in [1.165, 1.54) is 24.0 Å². The summed E-state index contributed by atoms with van der Waals surface area (Å²) in [6.07, 6.45) is 1.90. The molecular formula is C19H24F3NO. The molecule has 5 heteroatoms. The van der Waals surface area contributed by atoms with Gasteiger partial charge in [-0.25, -0.2) is 0 Å². The minimum atomic E-state index is -4.10. The number of halogens is 3. The van der Waals surface area contributed by atoms with E-state index in [0.717, 1.165) is 18.4 Å². The van der Waals surface area contributed by atoms with Gasteiger partial charge >= 0.3 is 6.18 Å². The Labute approximate surface area is 140 Å². The number of fused-ring (bicyclic) bond motifs is 1. The van der Waals surface area contributed by atoms with Gasteiger partial charge in [-0.05, 0) is 68.1 Å². The molecule has 24 heavy (non-hydrogen) atoms. The van der Waals surface area contributed by atoms with Gasteiger partial charge in [-0.2, -0.15) is 13.2 Å². The maximum atomic E-state index is 12.7. The Hall–Kier alpha value is -1.52. The van der Waals surface area contributed by atoms with E-state index >= 15 is 0 Å². The number of hydrogen-bond acceptors (Lipinski definition) is 1. The molecule has 0 aromatic heterocycles. The smallest absolute Gasteiger partial charge is 0.353 e. The van der Waals surface area contributed by atoms with E-state index in [1.54, 1.807) is 0 Å². The number of rotatable bonds is 3. The molecule has 2 nitrogen and oxygen atoms in total. The summed E-state index contributed by atoms with van der Waals surface area (Å²) in [5, 5.41) is 2.91. The first-order valence-electron chi connectivity index (χ1n) is 8.88. The lowest BCUT2D eigenvalue weighted by molar-refractivity contribution is -0.182. The third kappa shape index (κ3) is 4.31. The van der Waals surface area contributed by atoms with Crippen LogP contribution in [0.5, 0.6) is 0 Å². The minimum absolute atomic E-state index is 0.0822. The van der Waals surface area contributed by atoms with Gasteiger partial charge in [-0.15, -0.1) is 0 Å². The highest BCUT2D eigenvalue weighted by Gasteiger charge is 2.41. The number of amides is 1. The molecule has 1 fully saturated rings. The molecule has 1 aromatic rings. The van der Waals surface area contributed by atoms with E-state index in [2.05, 4.69) is 17.4 Å². The van der Waals surface area contributed by atoms with Gasteiger partial charge in [0.05, 0.1) is 12.3 Å². The molecule has 2 aliphatic carbocycles. The highest BCUT2D eigenvalue weighted by molar-refractivity contribution is 5.79. The second kappa shape index (κ2) is 7.16. The first-order valence-corrected chi connectivity index (χ1v) is 8.88. The number of carbonyl (C=O) groups is 1. The van der Waals surface area contributed by atoms with E-state index in [4.69, 9.17) is 0 Å². The van der Waals surface area contributed by atoms with Gasteiger partial charge in [0, 0.05) is 6.04 Å². The molecule has 3 rings (SSSR count). The highest BCUT2D eigenvalue weighted by atomic mass is 19.4. The van der Waals surface area contributed by atoms with Crippen molar-refractivity contribution in [1.29, 1.82) is 0 Å². The van der Waals surface area contributed by atoms with Crippen LogP contribution in [0, 0.1) is 5.92 Å². The fourth-order valence-electron chi connectivity index (χ4n) is 3.93. The Bertz CT molecular complexity index is 589. The summed E-state index contributed by atoms with van der Waals surface area (Å²) in [6, 6.07) is 6.12. The number of nitrogens with one attached hydrogen (secondary N) is 1. The fourth-order valence-corrected chi connectivity index (χ4v) is 3.93. The van der Waals surface area contributed by atoms with Crippen molar-refractivity contribution >= 4 is 5.91 Å². The first kappa shape index (κ1) is 17.3. The Balaban J connectivity index is 1.50. The van der Waals surface area contributed by atoms with Crippen molar-refractivity contribution < 1.29 is 18.0 Å². The molecule has 1 saturated carbocycles. The summed E-state index contributed by atoms with van der Waals surface area (Å²) in [7, 11) is 0. The quantitative estimate of drug-likeness (QED) is 0.872. The molecule has 1 aromatic carbocycles. The van der Waals surface area contributed by atoms with E-state index in [1.807, 2.05) is 6.07 Å². The van der Waals surface area contributed by atoms with Crippen molar-refractivity contribution in [1.82, 2.24) is 5.32 Å². The van der Waals surface area contributed by atoms with E-state index in [9.17, 15) is 18.0 Å². The Morgan fingerprint density at radius 1 is 1.04 bits per heavy atom. The predicted octanol–water partition coefficient (Wildman–Crippen LogP) is 4.35. The van der Waals surface area contributed by atoms with E-state index in [0.29, 0.717) is 19.3 Å². The number of hydrogen-bond donors (Lipinski definition) is 1. The van der Waals surface area contributed by atoms with Gasteiger partial charge in [0.1, 0.15) is 0 Å². The third-order valence-corrected chi connectivity index (χ3v) is 5.33. The van der Waals surface area contributed by atoms with Crippen LogP contribution in [-0.2, 0) is 24.1 Å².